The zero-order valence-corrected chi connectivity index (χ0v) is 15.4. The molecular weight excluding hydrogens is 404 g/mol. The van der Waals surface area contributed by atoms with Crippen molar-refractivity contribution in [2.45, 2.75) is 0 Å². The second-order valence-electron chi connectivity index (χ2n) is 5.12. The van der Waals surface area contributed by atoms with Gasteiger partial charge in [-0.15, -0.1) is 35.5 Å². The van der Waals surface area contributed by atoms with Gasteiger partial charge >= 0.3 is 0 Å². The molecule has 0 saturated heterocycles. The fourth-order valence-electron chi connectivity index (χ4n) is 2.13. The fourth-order valence-corrected chi connectivity index (χ4v) is 3.54. The Balaban J connectivity index is 2.10. The van der Waals surface area contributed by atoms with E-state index in [0.29, 0.717) is 20.9 Å². The summed E-state index contributed by atoms with van der Waals surface area (Å²) in [5, 5.41) is 3.28. The lowest BCUT2D eigenvalue weighted by molar-refractivity contribution is 0.447. The van der Waals surface area contributed by atoms with E-state index in [1.54, 1.807) is 22.9 Å². The van der Waals surface area contributed by atoms with E-state index >= 15 is 0 Å². The predicted molar refractivity (Wildman–Crippen MR) is 103 cm³/mol. The predicted octanol–water partition coefficient (Wildman–Crippen LogP) is 5.13. The smallest absolute Gasteiger partial charge is 0.178 e. The van der Waals surface area contributed by atoms with Crippen LogP contribution in [0, 0.1) is 71.6 Å². The molecule has 3 rings (SSSR count). The molecule has 0 aliphatic rings. The average molecular weight is 410 g/mol. The minimum absolute atomic E-state index is 0.352. The molecule has 2 heterocycles. The van der Waals surface area contributed by atoms with Crippen molar-refractivity contribution in [3.8, 4) is 48.4 Å². The third-order valence-corrected chi connectivity index (χ3v) is 5.17. The lowest BCUT2D eigenvalue weighted by Crippen LogP contribution is -2.04. The van der Waals surface area contributed by atoms with Crippen LogP contribution in [0.3, 0.4) is 0 Å². The van der Waals surface area contributed by atoms with Gasteiger partial charge in [-0.2, -0.15) is 0 Å². The van der Waals surface area contributed by atoms with Gasteiger partial charge in [0.25, 0.3) is 0 Å². The van der Waals surface area contributed by atoms with Gasteiger partial charge in [-0.3, -0.25) is 0 Å². The number of terminal acetylenes is 2. The van der Waals surface area contributed by atoms with Gasteiger partial charge in [-0.25, -0.2) is 17.6 Å². The SMILES string of the molecule is C#Cc1ccsc1C#Cc1c(F)c(F)c(C#Cc2sccc2C#C)c(F)c1F. The van der Waals surface area contributed by atoms with E-state index in [1.807, 2.05) is 0 Å². The summed E-state index contributed by atoms with van der Waals surface area (Å²) in [5.41, 5.74) is -1.22. The zero-order chi connectivity index (χ0) is 20.3. The third kappa shape index (κ3) is 3.53. The summed E-state index contributed by atoms with van der Waals surface area (Å²) in [5.74, 6) is 7.32. The summed E-state index contributed by atoms with van der Waals surface area (Å²) >= 11 is 2.28. The molecule has 0 aliphatic carbocycles. The Bertz CT molecular complexity index is 1160. The fraction of sp³-hybridized carbons (Fsp3) is 0. The van der Waals surface area contributed by atoms with Gasteiger partial charge in [-0.1, -0.05) is 23.7 Å². The first-order chi connectivity index (χ1) is 13.5. The van der Waals surface area contributed by atoms with Gasteiger partial charge in [0, 0.05) is 0 Å². The van der Waals surface area contributed by atoms with Crippen LogP contribution in [0.15, 0.2) is 22.9 Å². The number of benzene rings is 1. The van der Waals surface area contributed by atoms with Crippen molar-refractivity contribution in [3.63, 3.8) is 0 Å². The Morgan fingerprint density at radius 1 is 0.607 bits per heavy atom. The van der Waals surface area contributed by atoms with Crippen LogP contribution in [0.25, 0.3) is 0 Å². The molecular formula is C22H6F4S2. The number of hydrogen-bond donors (Lipinski definition) is 0. The molecule has 134 valence electrons. The summed E-state index contributed by atoms with van der Waals surface area (Å²) in [4.78, 5) is 0.705. The summed E-state index contributed by atoms with van der Waals surface area (Å²) in [7, 11) is 0. The third-order valence-electron chi connectivity index (χ3n) is 3.51. The minimum atomic E-state index is -1.63. The molecule has 0 fully saturated rings. The molecule has 1 aromatic carbocycles. The molecule has 0 spiro atoms. The normalized spacial score (nSPS) is 9.50. The van der Waals surface area contributed by atoms with Crippen molar-refractivity contribution in [1.82, 2.24) is 0 Å². The second kappa shape index (κ2) is 8.08. The molecule has 6 heteroatoms. The quantitative estimate of drug-likeness (QED) is 0.274. The largest absolute Gasteiger partial charge is 0.202 e. The van der Waals surface area contributed by atoms with E-state index in [-0.39, 0.29) is 0 Å². The highest BCUT2D eigenvalue weighted by molar-refractivity contribution is 7.11. The van der Waals surface area contributed by atoms with Crippen molar-refractivity contribution in [1.29, 1.82) is 0 Å². The zero-order valence-electron chi connectivity index (χ0n) is 13.8. The number of thiophene rings is 2. The van der Waals surface area contributed by atoms with Crippen LogP contribution in [0.1, 0.15) is 32.0 Å². The Morgan fingerprint density at radius 2 is 0.964 bits per heavy atom. The van der Waals surface area contributed by atoms with Crippen LogP contribution < -0.4 is 0 Å². The maximum absolute atomic E-state index is 14.3. The Labute approximate surface area is 166 Å². The molecule has 28 heavy (non-hydrogen) atoms. The molecule has 0 nitrogen and oxygen atoms in total. The second-order valence-corrected chi connectivity index (χ2v) is 6.95. The van der Waals surface area contributed by atoms with Gasteiger partial charge in [-0.05, 0) is 34.7 Å². The van der Waals surface area contributed by atoms with Crippen LogP contribution in [0.4, 0.5) is 17.6 Å². The van der Waals surface area contributed by atoms with E-state index in [2.05, 4.69) is 35.5 Å². The molecule has 0 unspecified atom stereocenters. The Morgan fingerprint density at radius 3 is 1.29 bits per heavy atom. The van der Waals surface area contributed by atoms with Crippen molar-refractivity contribution in [2.24, 2.45) is 0 Å². The molecule has 2 aromatic heterocycles. The monoisotopic (exact) mass is 410 g/mol. The van der Waals surface area contributed by atoms with Gasteiger partial charge in [0.2, 0.25) is 0 Å². The van der Waals surface area contributed by atoms with Crippen molar-refractivity contribution >= 4 is 22.7 Å². The van der Waals surface area contributed by atoms with Gasteiger partial charge < -0.3 is 0 Å². The van der Waals surface area contributed by atoms with E-state index in [4.69, 9.17) is 12.8 Å². The molecule has 0 aliphatic heterocycles. The highest BCUT2D eigenvalue weighted by Crippen LogP contribution is 2.24. The van der Waals surface area contributed by atoms with Crippen molar-refractivity contribution < 1.29 is 17.6 Å². The van der Waals surface area contributed by atoms with E-state index < -0.39 is 34.4 Å². The molecule has 0 atom stereocenters. The van der Waals surface area contributed by atoms with Crippen molar-refractivity contribution in [2.75, 3.05) is 0 Å². The van der Waals surface area contributed by atoms with Crippen LogP contribution in [-0.2, 0) is 0 Å². The lowest BCUT2D eigenvalue weighted by Gasteiger charge is -2.04. The maximum Gasteiger partial charge on any atom is 0.178 e. The Kier molecular flexibility index (Phi) is 5.58. The van der Waals surface area contributed by atoms with Crippen LogP contribution in [0.5, 0.6) is 0 Å². The van der Waals surface area contributed by atoms with Crippen LogP contribution >= 0.6 is 22.7 Å². The molecule has 0 N–H and O–H groups in total. The molecule has 0 saturated carbocycles. The minimum Gasteiger partial charge on any atom is -0.202 e. The maximum atomic E-state index is 14.3. The first-order valence-corrected chi connectivity index (χ1v) is 9.22. The number of hydrogen-bond acceptors (Lipinski definition) is 2. The van der Waals surface area contributed by atoms with Gasteiger partial charge in [0.05, 0.1) is 20.9 Å². The summed E-state index contributed by atoms with van der Waals surface area (Å²) in [6.07, 6.45) is 10.6. The molecule has 3 aromatic rings. The first-order valence-electron chi connectivity index (χ1n) is 7.46. The van der Waals surface area contributed by atoms with Crippen LogP contribution in [0.2, 0.25) is 0 Å². The van der Waals surface area contributed by atoms with Gasteiger partial charge in [0.15, 0.2) is 23.3 Å². The molecule has 0 bridgehead atoms. The summed E-state index contributed by atoms with van der Waals surface area (Å²) in [6.45, 7) is 0. The van der Waals surface area contributed by atoms with E-state index in [9.17, 15) is 17.6 Å². The van der Waals surface area contributed by atoms with E-state index in [1.165, 1.54) is 0 Å². The topological polar surface area (TPSA) is 0 Å². The number of rotatable bonds is 0. The van der Waals surface area contributed by atoms with Crippen molar-refractivity contribution in [3.05, 3.63) is 78.2 Å². The Hall–Kier alpha value is -3.42. The first kappa shape index (κ1) is 19.3. The average Bonchev–Trinajstić information content (AvgIpc) is 3.35. The highest BCUT2D eigenvalue weighted by atomic mass is 32.1. The lowest BCUT2D eigenvalue weighted by atomic mass is 10.1. The number of halogens is 4. The summed E-state index contributed by atoms with van der Waals surface area (Å²) in [6, 6.07) is 3.19. The van der Waals surface area contributed by atoms with Crippen LogP contribution in [-0.4, -0.2) is 0 Å². The summed E-state index contributed by atoms with van der Waals surface area (Å²) < 4.78 is 57.2. The van der Waals surface area contributed by atoms with E-state index in [0.717, 1.165) is 22.7 Å². The highest BCUT2D eigenvalue weighted by Gasteiger charge is 2.23. The molecule has 0 amide bonds. The standard InChI is InChI=1S/C22H6F4S2/c1-3-13-9-11-27-17(13)7-5-15-19(23)21(25)16(22(26)20(15)24)6-8-18-14(4-2)10-12-28-18/h1-2,9-12H. The molecule has 0 radical (unpaired) electrons. The van der Waals surface area contributed by atoms with Gasteiger partial charge in [0.1, 0.15) is 11.1 Å².